The molecule has 2 heterocycles. The van der Waals surface area contributed by atoms with E-state index >= 15 is 0 Å². The Labute approximate surface area is 155 Å². The molecule has 0 amide bonds. The van der Waals surface area contributed by atoms with Gasteiger partial charge in [0.25, 0.3) is 0 Å². The van der Waals surface area contributed by atoms with Crippen LogP contribution < -0.4 is 0 Å². The summed E-state index contributed by atoms with van der Waals surface area (Å²) in [5.41, 5.74) is 0. The fourth-order valence-electron chi connectivity index (χ4n) is 4.34. The maximum atomic E-state index is 12.1. The highest BCUT2D eigenvalue weighted by Gasteiger charge is 2.42. The summed E-state index contributed by atoms with van der Waals surface area (Å²) in [6.45, 7) is 8.94. The number of carbonyl (C=O) groups is 1. The summed E-state index contributed by atoms with van der Waals surface area (Å²) in [5.74, 6) is 1.86. The molecule has 25 heavy (non-hydrogen) atoms. The summed E-state index contributed by atoms with van der Waals surface area (Å²) in [6.07, 6.45) is 3.89. The second-order valence-corrected chi connectivity index (χ2v) is 8.82. The van der Waals surface area contributed by atoms with E-state index in [4.69, 9.17) is 9.47 Å². The average molecular weight is 366 g/mol. The molecule has 1 aromatic heterocycles. The summed E-state index contributed by atoms with van der Waals surface area (Å²) in [6, 6.07) is 4.69. The van der Waals surface area contributed by atoms with Gasteiger partial charge >= 0.3 is 5.97 Å². The highest BCUT2D eigenvalue weighted by atomic mass is 32.1. The van der Waals surface area contributed by atoms with Crippen LogP contribution in [0.1, 0.15) is 44.9 Å². The third-order valence-corrected chi connectivity index (χ3v) is 6.57. The lowest BCUT2D eigenvalue weighted by Gasteiger charge is -2.34. The van der Waals surface area contributed by atoms with Crippen LogP contribution in [0.4, 0.5) is 0 Å². The van der Waals surface area contributed by atoms with Crippen molar-refractivity contribution in [2.45, 2.75) is 58.7 Å². The van der Waals surface area contributed by atoms with Crippen LogP contribution in [0.25, 0.3) is 0 Å². The van der Waals surface area contributed by atoms with Gasteiger partial charge in [-0.25, -0.2) is 0 Å². The van der Waals surface area contributed by atoms with Gasteiger partial charge in [0.05, 0.1) is 25.9 Å². The van der Waals surface area contributed by atoms with Crippen molar-refractivity contribution in [3.8, 4) is 0 Å². The first-order chi connectivity index (χ1) is 12.1. The largest absolute Gasteiger partial charge is 0.465 e. The van der Waals surface area contributed by atoms with Crippen molar-refractivity contribution in [1.82, 2.24) is 4.90 Å². The van der Waals surface area contributed by atoms with E-state index in [0.29, 0.717) is 37.1 Å². The zero-order valence-corrected chi connectivity index (χ0v) is 16.5. The highest BCUT2D eigenvalue weighted by molar-refractivity contribution is 7.09. The predicted octanol–water partition coefficient (Wildman–Crippen LogP) is 3.95. The zero-order chi connectivity index (χ0) is 17.8. The van der Waals surface area contributed by atoms with E-state index in [9.17, 15) is 4.79 Å². The molecule has 0 bridgehead atoms. The molecule has 0 radical (unpaired) electrons. The van der Waals surface area contributed by atoms with Gasteiger partial charge in [-0.15, -0.1) is 11.3 Å². The Balaban J connectivity index is 1.65. The van der Waals surface area contributed by atoms with E-state index in [1.165, 1.54) is 17.7 Å². The molecule has 0 aromatic carbocycles. The topological polar surface area (TPSA) is 38.8 Å². The highest BCUT2D eigenvalue weighted by Crippen LogP contribution is 2.42. The molecule has 0 unspecified atom stereocenters. The minimum absolute atomic E-state index is 0.106. The van der Waals surface area contributed by atoms with Crippen molar-refractivity contribution in [1.29, 1.82) is 0 Å². The molecule has 1 aromatic rings. The van der Waals surface area contributed by atoms with E-state index in [0.717, 1.165) is 25.5 Å². The monoisotopic (exact) mass is 365 g/mol. The van der Waals surface area contributed by atoms with E-state index < -0.39 is 0 Å². The maximum Gasteiger partial charge on any atom is 0.320 e. The summed E-state index contributed by atoms with van der Waals surface area (Å²) in [5, 5.41) is 2.10. The van der Waals surface area contributed by atoms with E-state index in [1.54, 1.807) is 11.3 Å². The summed E-state index contributed by atoms with van der Waals surface area (Å²) < 4.78 is 11.3. The second kappa shape index (κ2) is 8.65. The van der Waals surface area contributed by atoms with Crippen molar-refractivity contribution in [2.75, 3.05) is 19.8 Å². The lowest BCUT2D eigenvalue weighted by atomic mass is 9.85. The number of carbonyl (C=O) groups excluding carboxylic acids is 1. The quantitative estimate of drug-likeness (QED) is 0.686. The number of nitrogens with zero attached hydrogens (tertiary/aromatic N) is 1. The van der Waals surface area contributed by atoms with Crippen LogP contribution in [-0.4, -0.2) is 42.8 Å². The molecule has 1 saturated heterocycles. The predicted molar refractivity (Wildman–Crippen MR) is 101 cm³/mol. The smallest absolute Gasteiger partial charge is 0.320 e. The van der Waals surface area contributed by atoms with Gasteiger partial charge in [-0.05, 0) is 55.4 Å². The molecule has 4 atom stereocenters. The van der Waals surface area contributed by atoms with Crippen LogP contribution in [0.5, 0.6) is 0 Å². The van der Waals surface area contributed by atoms with Gasteiger partial charge in [0.2, 0.25) is 0 Å². The molecule has 2 fully saturated rings. The van der Waals surface area contributed by atoms with Crippen LogP contribution in [0, 0.1) is 17.8 Å². The normalized spacial score (nSPS) is 29.2. The Hall–Kier alpha value is -0.910. The van der Waals surface area contributed by atoms with Gasteiger partial charge in [0.15, 0.2) is 0 Å². The van der Waals surface area contributed by atoms with Crippen molar-refractivity contribution < 1.29 is 14.3 Å². The van der Waals surface area contributed by atoms with Crippen molar-refractivity contribution in [2.24, 2.45) is 17.8 Å². The number of thiophene rings is 1. The Kier molecular flexibility index (Phi) is 6.53. The average Bonchev–Trinajstić information content (AvgIpc) is 3.22. The fraction of sp³-hybridized carbons (Fsp3) is 0.750. The van der Waals surface area contributed by atoms with E-state index in [1.807, 2.05) is 6.92 Å². The van der Waals surface area contributed by atoms with Crippen molar-refractivity contribution >= 4 is 17.3 Å². The molecule has 0 spiro atoms. The Morgan fingerprint density at radius 3 is 2.84 bits per heavy atom. The first kappa shape index (κ1) is 18.9. The van der Waals surface area contributed by atoms with Gasteiger partial charge in [0, 0.05) is 17.5 Å². The molecule has 0 N–H and O–H groups in total. The van der Waals surface area contributed by atoms with Gasteiger partial charge in [0.1, 0.15) is 0 Å². The SMILES string of the molecule is CCOC(=O)CN(Cc1cccs1)[C@@H]1C[C@@H]2CO[C@H](C(C)C)C[C@@H]2C1. The number of fused-ring (bicyclic) bond motifs is 1. The number of hydrogen-bond acceptors (Lipinski definition) is 5. The maximum absolute atomic E-state index is 12.1. The number of rotatable bonds is 7. The molecular formula is C20H31NO3S. The number of ether oxygens (including phenoxy) is 2. The molecule has 3 rings (SSSR count). The van der Waals surface area contributed by atoms with Crippen LogP contribution in [0.2, 0.25) is 0 Å². The molecule has 2 aliphatic rings. The minimum atomic E-state index is -0.106. The molecule has 5 heteroatoms. The van der Waals surface area contributed by atoms with Crippen LogP contribution in [0.3, 0.4) is 0 Å². The van der Waals surface area contributed by atoms with Gasteiger partial charge in [-0.2, -0.15) is 0 Å². The number of hydrogen-bond donors (Lipinski definition) is 0. The van der Waals surface area contributed by atoms with Gasteiger partial charge < -0.3 is 9.47 Å². The van der Waals surface area contributed by atoms with E-state index in [2.05, 4.69) is 36.3 Å². The zero-order valence-electron chi connectivity index (χ0n) is 15.6. The third-order valence-electron chi connectivity index (χ3n) is 5.71. The molecular weight excluding hydrogens is 334 g/mol. The molecule has 1 aliphatic heterocycles. The Morgan fingerprint density at radius 2 is 2.16 bits per heavy atom. The van der Waals surface area contributed by atoms with Crippen molar-refractivity contribution in [3.05, 3.63) is 22.4 Å². The molecule has 1 saturated carbocycles. The minimum Gasteiger partial charge on any atom is -0.465 e. The summed E-state index contributed by atoms with van der Waals surface area (Å²) in [4.78, 5) is 15.8. The van der Waals surface area contributed by atoms with Gasteiger partial charge in [-0.3, -0.25) is 9.69 Å². The van der Waals surface area contributed by atoms with E-state index in [-0.39, 0.29) is 5.97 Å². The van der Waals surface area contributed by atoms with Crippen LogP contribution >= 0.6 is 11.3 Å². The van der Waals surface area contributed by atoms with Gasteiger partial charge in [-0.1, -0.05) is 19.9 Å². The first-order valence-electron chi connectivity index (χ1n) is 9.60. The lowest BCUT2D eigenvalue weighted by molar-refractivity contribution is -0.145. The summed E-state index contributed by atoms with van der Waals surface area (Å²) in [7, 11) is 0. The lowest BCUT2D eigenvalue weighted by Crippen LogP contribution is -2.38. The van der Waals surface area contributed by atoms with Crippen molar-refractivity contribution in [3.63, 3.8) is 0 Å². The standard InChI is InChI=1S/C20H31NO3S/c1-4-23-20(22)12-21(11-18-6-5-7-25-18)17-8-15-10-19(14(2)3)24-13-16(15)9-17/h5-7,14-17,19H,4,8-13H2,1-3H3/t15-,16+,17-,19-/m0/s1. The Bertz CT molecular complexity index is 545. The van der Waals surface area contributed by atoms with Crippen LogP contribution in [-0.2, 0) is 20.8 Å². The third kappa shape index (κ3) is 4.83. The summed E-state index contributed by atoms with van der Waals surface area (Å²) >= 11 is 1.76. The number of esters is 1. The fourth-order valence-corrected chi connectivity index (χ4v) is 5.07. The first-order valence-corrected chi connectivity index (χ1v) is 10.5. The Morgan fingerprint density at radius 1 is 1.36 bits per heavy atom. The molecule has 140 valence electrons. The molecule has 1 aliphatic carbocycles. The molecule has 4 nitrogen and oxygen atoms in total. The second-order valence-electron chi connectivity index (χ2n) is 7.79. The van der Waals surface area contributed by atoms with Crippen LogP contribution in [0.15, 0.2) is 17.5 Å².